The summed E-state index contributed by atoms with van der Waals surface area (Å²) in [6.45, 7) is 0.700. The molecule has 0 spiro atoms. The fraction of sp³-hybridized carbons (Fsp3) is 0.389. The highest BCUT2D eigenvalue weighted by Crippen LogP contribution is 2.26. The topological polar surface area (TPSA) is 38.3 Å². The highest BCUT2D eigenvalue weighted by Gasteiger charge is 2.24. The number of hydrogen-bond acceptors (Lipinski definition) is 2. The molecule has 0 unspecified atom stereocenters. The Bertz CT molecular complexity index is 647. The fourth-order valence-electron chi connectivity index (χ4n) is 2.80. The van der Waals surface area contributed by atoms with E-state index in [4.69, 9.17) is 4.74 Å². The summed E-state index contributed by atoms with van der Waals surface area (Å²) in [4.78, 5) is 11.8. The van der Waals surface area contributed by atoms with Gasteiger partial charge in [0.05, 0.1) is 7.11 Å². The van der Waals surface area contributed by atoms with Crippen molar-refractivity contribution in [2.24, 2.45) is 5.92 Å². The van der Waals surface area contributed by atoms with Gasteiger partial charge in [-0.25, -0.2) is 0 Å². The fourth-order valence-corrected chi connectivity index (χ4v) is 2.80. The molecule has 1 N–H and O–H groups in total. The van der Waals surface area contributed by atoms with Crippen molar-refractivity contribution >= 4 is 16.7 Å². The molecule has 2 aromatic rings. The summed E-state index contributed by atoms with van der Waals surface area (Å²) < 4.78 is 5.30. The molecular weight excluding hydrogens is 262 g/mol. The average Bonchev–Trinajstić information content (AvgIpc) is 2.45. The first-order valence-electron chi connectivity index (χ1n) is 7.61. The Labute approximate surface area is 125 Å². The Morgan fingerprint density at radius 3 is 2.86 bits per heavy atom. The zero-order valence-corrected chi connectivity index (χ0v) is 12.4. The molecule has 0 aromatic heterocycles. The highest BCUT2D eigenvalue weighted by atomic mass is 16.5. The lowest BCUT2D eigenvalue weighted by Gasteiger charge is -2.24. The number of benzene rings is 2. The van der Waals surface area contributed by atoms with E-state index in [1.807, 2.05) is 6.07 Å². The summed E-state index contributed by atoms with van der Waals surface area (Å²) in [6.07, 6.45) is 4.15. The zero-order valence-electron chi connectivity index (χ0n) is 12.4. The van der Waals surface area contributed by atoms with Crippen LogP contribution in [-0.4, -0.2) is 19.6 Å². The first kappa shape index (κ1) is 13.9. The molecular formula is C18H21NO2. The molecule has 0 atom stereocenters. The summed E-state index contributed by atoms with van der Waals surface area (Å²) in [5.74, 6) is 1.35. The normalized spacial score (nSPS) is 14.7. The largest absolute Gasteiger partial charge is 0.497 e. The molecule has 1 fully saturated rings. The van der Waals surface area contributed by atoms with Crippen molar-refractivity contribution in [1.29, 1.82) is 0 Å². The van der Waals surface area contributed by atoms with Crippen molar-refractivity contribution in [2.45, 2.75) is 25.7 Å². The molecule has 3 nitrogen and oxygen atoms in total. The lowest BCUT2D eigenvalue weighted by molar-refractivity contribution is -0.127. The van der Waals surface area contributed by atoms with Gasteiger partial charge in [-0.3, -0.25) is 4.79 Å². The number of nitrogens with one attached hydrogen (secondary N) is 1. The van der Waals surface area contributed by atoms with E-state index in [1.165, 1.54) is 22.8 Å². The summed E-state index contributed by atoms with van der Waals surface area (Å²) in [7, 11) is 1.68. The predicted molar refractivity (Wildman–Crippen MR) is 84.6 cm³/mol. The summed E-state index contributed by atoms with van der Waals surface area (Å²) in [6, 6.07) is 12.4. The number of amides is 1. The van der Waals surface area contributed by atoms with Crippen molar-refractivity contribution in [1.82, 2.24) is 5.32 Å². The monoisotopic (exact) mass is 283 g/mol. The third kappa shape index (κ3) is 3.02. The van der Waals surface area contributed by atoms with E-state index in [0.29, 0.717) is 6.54 Å². The van der Waals surface area contributed by atoms with Crippen LogP contribution in [0.25, 0.3) is 10.8 Å². The van der Waals surface area contributed by atoms with Gasteiger partial charge >= 0.3 is 0 Å². The summed E-state index contributed by atoms with van der Waals surface area (Å²) >= 11 is 0. The van der Waals surface area contributed by atoms with Crippen LogP contribution in [-0.2, 0) is 11.2 Å². The Morgan fingerprint density at radius 2 is 2.14 bits per heavy atom. The Hall–Kier alpha value is -2.03. The van der Waals surface area contributed by atoms with E-state index in [-0.39, 0.29) is 11.8 Å². The minimum atomic E-state index is 0.221. The van der Waals surface area contributed by atoms with Gasteiger partial charge < -0.3 is 10.1 Å². The molecule has 2 aromatic carbocycles. The van der Waals surface area contributed by atoms with Crippen LogP contribution >= 0.6 is 0 Å². The predicted octanol–water partition coefficient (Wildman–Crippen LogP) is 3.31. The average molecular weight is 283 g/mol. The molecule has 3 rings (SSSR count). The number of carbonyl (C=O) groups excluding carboxylic acids is 1. The van der Waals surface area contributed by atoms with E-state index >= 15 is 0 Å². The first-order valence-corrected chi connectivity index (χ1v) is 7.61. The number of hydrogen-bond donors (Lipinski definition) is 1. The molecule has 1 saturated carbocycles. The van der Waals surface area contributed by atoms with Crippen LogP contribution in [0, 0.1) is 5.92 Å². The van der Waals surface area contributed by atoms with Crippen molar-refractivity contribution in [2.75, 3.05) is 13.7 Å². The second-order valence-electron chi connectivity index (χ2n) is 5.67. The van der Waals surface area contributed by atoms with Crippen molar-refractivity contribution < 1.29 is 9.53 Å². The SMILES string of the molecule is COc1ccc2cccc(CCNC(=O)C3CCC3)c2c1. The van der Waals surface area contributed by atoms with Crippen LogP contribution in [0.2, 0.25) is 0 Å². The lowest BCUT2D eigenvalue weighted by atomic mass is 9.85. The maximum atomic E-state index is 11.8. The molecule has 0 bridgehead atoms. The molecule has 3 heteroatoms. The Morgan fingerprint density at radius 1 is 1.29 bits per heavy atom. The first-order chi connectivity index (χ1) is 10.3. The Balaban J connectivity index is 1.69. The molecule has 110 valence electrons. The summed E-state index contributed by atoms with van der Waals surface area (Å²) in [5, 5.41) is 5.47. The van der Waals surface area contributed by atoms with Crippen LogP contribution in [0.4, 0.5) is 0 Å². The Kier molecular flexibility index (Phi) is 4.09. The standard InChI is InChI=1S/C18H21NO2/c1-21-16-9-8-13-4-2-5-14(17(13)12-16)10-11-19-18(20)15-6-3-7-15/h2,4-5,8-9,12,15H,3,6-7,10-11H2,1H3,(H,19,20). The van der Waals surface area contributed by atoms with Crippen LogP contribution in [0.5, 0.6) is 5.75 Å². The minimum absolute atomic E-state index is 0.221. The summed E-state index contributed by atoms with van der Waals surface area (Å²) in [5.41, 5.74) is 1.25. The van der Waals surface area contributed by atoms with Crippen LogP contribution in [0.15, 0.2) is 36.4 Å². The molecule has 0 aliphatic heterocycles. The van der Waals surface area contributed by atoms with E-state index in [9.17, 15) is 4.79 Å². The van der Waals surface area contributed by atoms with Crippen LogP contribution in [0.1, 0.15) is 24.8 Å². The van der Waals surface area contributed by atoms with Gasteiger partial charge in [-0.2, -0.15) is 0 Å². The second-order valence-corrected chi connectivity index (χ2v) is 5.67. The molecule has 0 radical (unpaired) electrons. The van der Waals surface area contributed by atoms with Gasteiger partial charge in [-0.15, -0.1) is 0 Å². The zero-order chi connectivity index (χ0) is 14.7. The quantitative estimate of drug-likeness (QED) is 0.914. The minimum Gasteiger partial charge on any atom is -0.497 e. The highest BCUT2D eigenvalue weighted by molar-refractivity contribution is 5.87. The van der Waals surface area contributed by atoms with Gasteiger partial charge in [0, 0.05) is 12.5 Å². The van der Waals surface area contributed by atoms with Gasteiger partial charge in [-0.05, 0) is 47.7 Å². The lowest BCUT2D eigenvalue weighted by Crippen LogP contribution is -2.35. The maximum Gasteiger partial charge on any atom is 0.223 e. The van der Waals surface area contributed by atoms with Gasteiger partial charge in [0.25, 0.3) is 0 Å². The van der Waals surface area contributed by atoms with Gasteiger partial charge in [0.2, 0.25) is 5.91 Å². The number of ether oxygens (including phenoxy) is 1. The third-order valence-corrected chi connectivity index (χ3v) is 4.35. The second kappa shape index (κ2) is 6.17. The smallest absolute Gasteiger partial charge is 0.223 e. The molecule has 1 amide bonds. The molecule has 1 aliphatic carbocycles. The number of carbonyl (C=O) groups is 1. The molecule has 0 saturated heterocycles. The van der Waals surface area contributed by atoms with Gasteiger partial charge in [-0.1, -0.05) is 30.7 Å². The van der Waals surface area contributed by atoms with Gasteiger partial charge in [0.15, 0.2) is 0 Å². The van der Waals surface area contributed by atoms with Crippen molar-refractivity contribution in [3.05, 3.63) is 42.0 Å². The molecule has 21 heavy (non-hydrogen) atoms. The van der Waals surface area contributed by atoms with Crippen LogP contribution < -0.4 is 10.1 Å². The van der Waals surface area contributed by atoms with E-state index in [1.54, 1.807) is 7.11 Å². The number of rotatable bonds is 5. The number of methoxy groups -OCH3 is 1. The van der Waals surface area contributed by atoms with Crippen molar-refractivity contribution in [3.8, 4) is 5.75 Å². The third-order valence-electron chi connectivity index (χ3n) is 4.35. The maximum absolute atomic E-state index is 11.8. The number of fused-ring (bicyclic) bond motifs is 1. The van der Waals surface area contributed by atoms with Crippen LogP contribution in [0.3, 0.4) is 0 Å². The van der Waals surface area contributed by atoms with E-state index < -0.39 is 0 Å². The molecule has 0 heterocycles. The van der Waals surface area contributed by atoms with E-state index in [0.717, 1.165) is 25.0 Å². The van der Waals surface area contributed by atoms with E-state index in [2.05, 4.69) is 35.6 Å². The van der Waals surface area contributed by atoms with Crippen molar-refractivity contribution in [3.63, 3.8) is 0 Å². The molecule has 1 aliphatic rings. The van der Waals surface area contributed by atoms with Gasteiger partial charge in [0.1, 0.15) is 5.75 Å².